The average Bonchev–Trinajstić information content (AvgIpc) is 3.08. The van der Waals surface area contributed by atoms with Gasteiger partial charge in [0.2, 0.25) is 0 Å². The molecule has 2 aromatic heterocycles. The normalized spacial score (nSPS) is 10.9. The zero-order valence-electron chi connectivity index (χ0n) is 15.1. The Hall–Kier alpha value is -3.74. The van der Waals surface area contributed by atoms with Gasteiger partial charge in [-0.15, -0.1) is 0 Å². The summed E-state index contributed by atoms with van der Waals surface area (Å²) in [6, 6.07) is 13.0. The minimum absolute atomic E-state index is 0.161. The van der Waals surface area contributed by atoms with E-state index in [0.29, 0.717) is 27.6 Å². The number of aromatic nitrogens is 3. The van der Waals surface area contributed by atoms with E-state index in [9.17, 15) is 14.0 Å². The van der Waals surface area contributed by atoms with Gasteiger partial charge in [0.15, 0.2) is 0 Å². The van der Waals surface area contributed by atoms with Crippen LogP contribution < -0.4 is 10.9 Å². The van der Waals surface area contributed by atoms with E-state index in [1.54, 1.807) is 60.5 Å². The van der Waals surface area contributed by atoms with Crippen LogP contribution in [0.1, 0.15) is 15.9 Å². The van der Waals surface area contributed by atoms with E-state index < -0.39 is 0 Å². The smallest absolute Gasteiger partial charge is 0.258 e. The summed E-state index contributed by atoms with van der Waals surface area (Å²) in [6.45, 7) is 0.161. The van der Waals surface area contributed by atoms with Crippen molar-refractivity contribution >= 4 is 22.4 Å². The number of pyridine rings is 1. The molecule has 0 saturated carbocycles. The summed E-state index contributed by atoms with van der Waals surface area (Å²) in [7, 11) is 1.75. The summed E-state index contributed by atoms with van der Waals surface area (Å²) in [5.74, 6) is -0.724. The first kappa shape index (κ1) is 17.7. The van der Waals surface area contributed by atoms with Crippen LogP contribution in [0.2, 0.25) is 0 Å². The second-order valence-electron chi connectivity index (χ2n) is 6.51. The van der Waals surface area contributed by atoms with Crippen molar-refractivity contribution in [2.45, 2.75) is 6.54 Å². The highest BCUT2D eigenvalue weighted by molar-refractivity contribution is 6.12. The van der Waals surface area contributed by atoms with Crippen LogP contribution in [0.25, 0.3) is 10.8 Å². The van der Waals surface area contributed by atoms with Gasteiger partial charge in [0.1, 0.15) is 5.82 Å². The standard InChI is InChI=1S/C21H17FN4O2/c1-25-12-16(10-23-25)24-20(27)19-13-26(11-14-5-4-6-15(22)9-14)21(28)18-8-3-2-7-17(18)19/h2-10,12-13H,11H2,1H3,(H,24,27). The Balaban J connectivity index is 1.79. The lowest BCUT2D eigenvalue weighted by molar-refractivity contribution is 0.102. The molecule has 1 N–H and O–H groups in total. The number of hydrogen-bond donors (Lipinski definition) is 1. The zero-order chi connectivity index (χ0) is 19.7. The molecule has 0 atom stereocenters. The predicted molar refractivity (Wildman–Crippen MR) is 105 cm³/mol. The van der Waals surface area contributed by atoms with Crippen LogP contribution in [0.4, 0.5) is 10.1 Å². The van der Waals surface area contributed by atoms with E-state index in [4.69, 9.17) is 0 Å². The van der Waals surface area contributed by atoms with Gasteiger partial charge in [0.25, 0.3) is 11.5 Å². The van der Waals surface area contributed by atoms with Crippen molar-refractivity contribution in [3.8, 4) is 0 Å². The Morgan fingerprint density at radius 1 is 1.11 bits per heavy atom. The number of halogens is 1. The summed E-state index contributed by atoms with van der Waals surface area (Å²) in [4.78, 5) is 25.8. The van der Waals surface area contributed by atoms with Gasteiger partial charge < -0.3 is 9.88 Å². The van der Waals surface area contributed by atoms with Crippen LogP contribution in [0.15, 0.2) is 71.9 Å². The molecule has 4 rings (SSSR count). The molecule has 4 aromatic rings. The lowest BCUT2D eigenvalue weighted by atomic mass is 10.1. The van der Waals surface area contributed by atoms with E-state index in [-0.39, 0.29) is 23.8 Å². The van der Waals surface area contributed by atoms with Crippen molar-refractivity contribution in [3.63, 3.8) is 0 Å². The zero-order valence-corrected chi connectivity index (χ0v) is 15.1. The molecule has 0 radical (unpaired) electrons. The largest absolute Gasteiger partial charge is 0.319 e. The van der Waals surface area contributed by atoms with Crippen molar-refractivity contribution in [1.82, 2.24) is 14.3 Å². The Bertz CT molecular complexity index is 1240. The van der Waals surface area contributed by atoms with Gasteiger partial charge in [-0.3, -0.25) is 14.3 Å². The predicted octanol–water partition coefficient (Wildman–Crippen LogP) is 3.17. The average molecular weight is 376 g/mol. The number of amides is 1. The molecule has 0 aliphatic carbocycles. The second kappa shape index (κ2) is 7.11. The second-order valence-corrected chi connectivity index (χ2v) is 6.51. The monoisotopic (exact) mass is 376 g/mol. The van der Waals surface area contributed by atoms with E-state index in [0.717, 1.165) is 0 Å². The number of anilines is 1. The lowest BCUT2D eigenvalue weighted by Crippen LogP contribution is -2.24. The number of rotatable bonds is 4. The maximum absolute atomic E-state index is 13.5. The Labute approximate surface area is 159 Å². The number of benzene rings is 2. The Morgan fingerprint density at radius 2 is 1.89 bits per heavy atom. The van der Waals surface area contributed by atoms with E-state index in [1.807, 2.05) is 0 Å². The van der Waals surface area contributed by atoms with Crippen molar-refractivity contribution in [2.24, 2.45) is 7.05 Å². The van der Waals surface area contributed by atoms with E-state index in [2.05, 4.69) is 10.4 Å². The molecular weight excluding hydrogens is 359 g/mol. The molecule has 0 unspecified atom stereocenters. The van der Waals surface area contributed by atoms with Crippen molar-refractivity contribution in [3.05, 3.63) is 94.4 Å². The molecule has 6 nitrogen and oxygen atoms in total. The number of aryl methyl sites for hydroxylation is 1. The fourth-order valence-corrected chi connectivity index (χ4v) is 3.16. The first-order chi connectivity index (χ1) is 13.5. The number of nitrogens with one attached hydrogen (secondary N) is 1. The molecule has 0 saturated heterocycles. The highest BCUT2D eigenvalue weighted by atomic mass is 19.1. The van der Waals surface area contributed by atoms with Gasteiger partial charge in [0, 0.05) is 30.2 Å². The molecule has 0 aliphatic rings. The molecule has 2 aromatic carbocycles. The van der Waals surface area contributed by atoms with Crippen LogP contribution in [-0.2, 0) is 13.6 Å². The molecular formula is C21H17FN4O2. The number of carbonyl (C=O) groups excluding carboxylic acids is 1. The van der Waals surface area contributed by atoms with Gasteiger partial charge in [-0.2, -0.15) is 5.10 Å². The summed E-state index contributed by atoms with van der Waals surface area (Å²) in [6.07, 6.45) is 4.74. The fourth-order valence-electron chi connectivity index (χ4n) is 3.16. The van der Waals surface area contributed by atoms with Gasteiger partial charge >= 0.3 is 0 Å². The third-order valence-corrected chi connectivity index (χ3v) is 4.44. The number of nitrogens with zero attached hydrogens (tertiary/aromatic N) is 3. The first-order valence-electron chi connectivity index (χ1n) is 8.68. The number of hydrogen-bond acceptors (Lipinski definition) is 3. The van der Waals surface area contributed by atoms with Gasteiger partial charge in [-0.05, 0) is 23.8 Å². The number of fused-ring (bicyclic) bond motifs is 1. The highest BCUT2D eigenvalue weighted by Gasteiger charge is 2.15. The van der Waals surface area contributed by atoms with E-state index >= 15 is 0 Å². The van der Waals surface area contributed by atoms with Crippen LogP contribution >= 0.6 is 0 Å². The topological polar surface area (TPSA) is 68.9 Å². The molecule has 140 valence electrons. The molecule has 0 aliphatic heterocycles. The SMILES string of the molecule is Cn1cc(NC(=O)c2cn(Cc3cccc(F)c3)c(=O)c3ccccc23)cn1. The third-order valence-electron chi connectivity index (χ3n) is 4.44. The lowest BCUT2D eigenvalue weighted by Gasteiger charge is -2.12. The summed E-state index contributed by atoms with van der Waals surface area (Å²) >= 11 is 0. The Kier molecular flexibility index (Phi) is 4.49. The summed E-state index contributed by atoms with van der Waals surface area (Å²) in [5, 5.41) is 7.81. The molecule has 2 heterocycles. The minimum Gasteiger partial charge on any atom is -0.319 e. The fraction of sp³-hybridized carbons (Fsp3) is 0.0952. The highest BCUT2D eigenvalue weighted by Crippen LogP contribution is 2.18. The molecule has 0 fully saturated rings. The molecule has 7 heteroatoms. The quantitative estimate of drug-likeness (QED) is 0.595. The van der Waals surface area contributed by atoms with Crippen molar-refractivity contribution in [2.75, 3.05) is 5.32 Å². The van der Waals surface area contributed by atoms with Crippen LogP contribution in [0.5, 0.6) is 0 Å². The van der Waals surface area contributed by atoms with Crippen LogP contribution in [0.3, 0.4) is 0 Å². The molecule has 0 bridgehead atoms. The van der Waals surface area contributed by atoms with Gasteiger partial charge in [0.05, 0.1) is 24.0 Å². The number of carbonyl (C=O) groups is 1. The van der Waals surface area contributed by atoms with E-state index in [1.165, 1.54) is 22.9 Å². The van der Waals surface area contributed by atoms with Gasteiger partial charge in [-0.1, -0.05) is 30.3 Å². The molecule has 1 amide bonds. The maximum atomic E-state index is 13.5. The minimum atomic E-state index is -0.374. The molecule has 0 spiro atoms. The third kappa shape index (κ3) is 3.42. The molecule has 28 heavy (non-hydrogen) atoms. The van der Waals surface area contributed by atoms with Gasteiger partial charge in [-0.25, -0.2) is 4.39 Å². The Morgan fingerprint density at radius 3 is 2.61 bits per heavy atom. The van der Waals surface area contributed by atoms with Crippen LogP contribution in [-0.4, -0.2) is 20.3 Å². The van der Waals surface area contributed by atoms with Crippen LogP contribution in [0, 0.1) is 5.82 Å². The van der Waals surface area contributed by atoms with Crippen molar-refractivity contribution < 1.29 is 9.18 Å². The first-order valence-corrected chi connectivity index (χ1v) is 8.68. The van der Waals surface area contributed by atoms with Crippen molar-refractivity contribution in [1.29, 1.82) is 0 Å². The maximum Gasteiger partial charge on any atom is 0.258 e. The summed E-state index contributed by atoms with van der Waals surface area (Å²) in [5.41, 5.74) is 1.31. The summed E-state index contributed by atoms with van der Waals surface area (Å²) < 4.78 is 16.5.